The van der Waals surface area contributed by atoms with Gasteiger partial charge in [-0.2, -0.15) is 17.5 Å². The molecule has 2 saturated heterocycles. The number of hydrogen-bond donors (Lipinski definition) is 2. The molecule has 0 saturated carbocycles. The molecule has 2 aromatic rings. The number of morpholine rings is 1. The second-order valence-electron chi connectivity index (χ2n) is 11.0. The number of benzene rings is 2. The summed E-state index contributed by atoms with van der Waals surface area (Å²) in [6.07, 6.45) is -4.62. The number of hydrogen-bond acceptors (Lipinski definition) is 8. The minimum atomic E-state index is -4.85. The number of thiol groups is 1. The molecule has 3 atom stereocenters. The van der Waals surface area contributed by atoms with Crippen LogP contribution in [0.5, 0.6) is 0 Å². The molecule has 0 spiro atoms. The van der Waals surface area contributed by atoms with Crippen LogP contribution in [0.4, 0.5) is 18.9 Å². The van der Waals surface area contributed by atoms with E-state index >= 15 is 0 Å². The highest BCUT2D eigenvalue weighted by Gasteiger charge is 2.51. The number of carbonyl (C=O) groups excluding carboxylic acids is 1. The number of halogens is 3. The van der Waals surface area contributed by atoms with Gasteiger partial charge in [0.2, 0.25) is 15.9 Å². The predicted octanol–water partition coefficient (Wildman–Crippen LogP) is 2.80. The quantitative estimate of drug-likeness (QED) is 0.434. The summed E-state index contributed by atoms with van der Waals surface area (Å²) in [4.78, 5) is 18.6. The zero-order valence-corrected chi connectivity index (χ0v) is 25.5. The van der Waals surface area contributed by atoms with Crippen LogP contribution in [0.25, 0.3) is 0 Å². The molecule has 42 heavy (non-hydrogen) atoms. The topological polar surface area (TPSA) is 93.6 Å². The molecular formula is C28H37F3N4O5S2. The first-order valence-corrected chi connectivity index (χ1v) is 15.5. The zero-order valence-electron chi connectivity index (χ0n) is 23.8. The Morgan fingerprint density at radius 3 is 2.36 bits per heavy atom. The lowest BCUT2D eigenvalue weighted by Crippen LogP contribution is -2.60. The summed E-state index contributed by atoms with van der Waals surface area (Å²) in [6.45, 7) is 2.98. The molecule has 2 heterocycles. The van der Waals surface area contributed by atoms with Crippen molar-refractivity contribution in [3.05, 3.63) is 54.1 Å². The van der Waals surface area contributed by atoms with Gasteiger partial charge in [-0.1, -0.05) is 24.3 Å². The summed E-state index contributed by atoms with van der Waals surface area (Å²) < 4.78 is 74.7. The highest BCUT2D eigenvalue weighted by atomic mass is 32.2. The molecule has 0 unspecified atom stereocenters. The van der Waals surface area contributed by atoms with E-state index in [9.17, 15) is 31.5 Å². The lowest BCUT2D eigenvalue weighted by molar-refractivity contribution is -0.258. The second-order valence-corrected chi connectivity index (χ2v) is 13.4. The van der Waals surface area contributed by atoms with Crippen molar-refractivity contribution in [3.8, 4) is 0 Å². The summed E-state index contributed by atoms with van der Waals surface area (Å²) in [6, 6.07) is 11.4. The van der Waals surface area contributed by atoms with Crippen LogP contribution in [0.3, 0.4) is 0 Å². The van der Waals surface area contributed by atoms with E-state index in [-0.39, 0.29) is 48.5 Å². The Morgan fingerprint density at radius 1 is 1.07 bits per heavy atom. The Bertz CT molecular complexity index is 1360. The fourth-order valence-corrected chi connectivity index (χ4v) is 7.33. The molecule has 2 aliphatic heterocycles. The first kappa shape index (κ1) is 32.6. The maximum atomic E-state index is 13.7. The van der Waals surface area contributed by atoms with E-state index in [1.165, 1.54) is 39.5 Å². The first-order chi connectivity index (χ1) is 19.6. The van der Waals surface area contributed by atoms with Crippen LogP contribution in [0, 0.1) is 0 Å². The third kappa shape index (κ3) is 6.89. The molecule has 232 valence electrons. The van der Waals surface area contributed by atoms with Gasteiger partial charge in [-0.05, 0) is 36.8 Å². The number of aliphatic hydroxyl groups is 1. The fourth-order valence-electron chi connectivity index (χ4n) is 5.27. The number of nitrogens with zero attached hydrogens (tertiary/aromatic N) is 4. The Morgan fingerprint density at radius 2 is 1.74 bits per heavy atom. The highest BCUT2D eigenvalue weighted by Crippen LogP contribution is 2.39. The van der Waals surface area contributed by atoms with E-state index in [0.29, 0.717) is 43.8 Å². The van der Waals surface area contributed by atoms with Gasteiger partial charge in [-0.25, -0.2) is 8.42 Å². The molecule has 2 fully saturated rings. The molecule has 1 amide bonds. The Balaban J connectivity index is 1.64. The number of ether oxygens (including phenoxy) is 1. The number of rotatable bonds is 8. The maximum Gasteiger partial charge on any atom is 0.421 e. The molecule has 2 aromatic carbocycles. The third-order valence-electron chi connectivity index (χ3n) is 7.95. The van der Waals surface area contributed by atoms with Crippen molar-refractivity contribution in [3.63, 3.8) is 0 Å². The van der Waals surface area contributed by atoms with Crippen LogP contribution in [0.1, 0.15) is 18.9 Å². The van der Waals surface area contributed by atoms with Crippen molar-refractivity contribution in [2.45, 2.75) is 47.0 Å². The van der Waals surface area contributed by atoms with Gasteiger partial charge in [-0.15, -0.1) is 12.6 Å². The normalized spacial score (nSPS) is 22.5. The van der Waals surface area contributed by atoms with Crippen molar-refractivity contribution < 1.29 is 36.2 Å². The molecule has 9 nitrogen and oxygen atoms in total. The van der Waals surface area contributed by atoms with Crippen molar-refractivity contribution in [1.82, 2.24) is 14.1 Å². The van der Waals surface area contributed by atoms with E-state index < -0.39 is 27.8 Å². The molecule has 0 aromatic heterocycles. The average molecular weight is 631 g/mol. The van der Waals surface area contributed by atoms with Gasteiger partial charge in [0.15, 0.2) is 5.60 Å². The average Bonchev–Trinajstić information content (AvgIpc) is 2.93. The van der Waals surface area contributed by atoms with Gasteiger partial charge in [0.1, 0.15) is 0 Å². The van der Waals surface area contributed by atoms with E-state index in [0.717, 1.165) is 0 Å². The summed E-state index contributed by atoms with van der Waals surface area (Å²) in [5.41, 5.74) is -2.71. The van der Waals surface area contributed by atoms with E-state index in [4.69, 9.17) is 4.74 Å². The lowest BCUT2D eigenvalue weighted by atomic mass is 9.95. The molecule has 2 aliphatic rings. The van der Waals surface area contributed by atoms with Crippen molar-refractivity contribution in [2.75, 3.05) is 64.9 Å². The lowest BCUT2D eigenvalue weighted by Gasteiger charge is -2.46. The maximum absolute atomic E-state index is 13.7. The molecule has 0 bridgehead atoms. The Hall–Kier alpha value is -2.36. The van der Waals surface area contributed by atoms with Gasteiger partial charge in [0, 0.05) is 69.9 Å². The molecule has 14 heteroatoms. The highest BCUT2D eigenvalue weighted by molar-refractivity contribution is 7.90. The van der Waals surface area contributed by atoms with Crippen molar-refractivity contribution in [2.24, 2.45) is 0 Å². The SMILES string of the molecule is CN(C)C(=O)C[C@@H]1COCCN1C[C@H]1CN(S(=O)(=O)c2ccccc2S)CCN1c1ccc([C@@](C)(O)C(F)(F)F)cc1. The number of carbonyl (C=O) groups is 1. The molecular weight excluding hydrogens is 593 g/mol. The van der Waals surface area contributed by atoms with Crippen LogP contribution in [0.15, 0.2) is 58.3 Å². The summed E-state index contributed by atoms with van der Waals surface area (Å²) >= 11 is 4.35. The van der Waals surface area contributed by atoms with Crippen LogP contribution in [0.2, 0.25) is 0 Å². The molecule has 0 radical (unpaired) electrons. The summed E-state index contributed by atoms with van der Waals surface area (Å²) in [7, 11) is -0.527. The minimum absolute atomic E-state index is 0.0575. The minimum Gasteiger partial charge on any atom is -0.378 e. The van der Waals surface area contributed by atoms with E-state index in [2.05, 4.69) is 17.5 Å². The Kier molecular flexibility index (Phi) is 9.85. The van der Waals surface area contributed by atoms with Gasteiger partial charge >= 0.3 is 6.18 Å². The van der Waals surface area contributed by atoms with Crippen LogP contribution >= 0.6 is 12.6 Å². The predicted molar refractivity (Wildman–Crippen MR) is 155 cm³/mol. The number of alkyl halides is 3. The van der Waals surface area contributed by atoms with Gasteiger partial charge in [0.25, 0.3) is 0 Å². The van der Waals surface area contributed by atoms with Gasteiger partial charge < -0.3 is 19.6 Å². The van der Waals surface area contributed by atoms with Gasteiger partial charge in [-0.3, -0.25) is 9.69 Å². The monoisotopic (exact) mass is 630 g/mol. The Labute approximate surface area is 250 Å². The van der Waals surface area contributed by atoms with E-state index in [1.54, 1.807) is 32.3 Å². The number of piperazine rings is 1. The number of anilines is 1. The zero-order chi connectivity index (χ0) is 30.9. The van der Waals surface area contributed by atoms with Crippen LogP contribution in [-0.2, 0) is 25.2 Å². The smallest absolute Gasteiger partial charge is 0.378 e. The van der Waals surface area contributed by atoms with E-state index in [1.807, 2.05) is 4.90 Å². The summed E-state index contributed by atoms with van der Waals surface area (Å²) in [5.74, 6) is -0.0575. The number of amides is 1. The largest absolute Gasteiger partial charge is 0.421 e. The molecule has 4 rings (SSSR count). The fraction of sp³-hybridized carbons (Fsp3) is 0.536. The van der Waals surface area contributed by atoms with Crippen LogP contribution in [-0.4, -0.2) is 112 Å². The van der Waals surface area contributed by atoms with Crippen molar-refractivity contribution >= 4 is 34.2 Å². The molecule has 1 N–H and O–H groups in total. The van der Waals surface area contributed by atoms with Crippen LogP contribution < -0.4 is 4.90 Å². The third-order valence-corrected chi connectivity index (χ3v) is 10.4. The van der Waals surface area contributed by atoms with Gasteiger partial charge in [0.05, 0.1) is 24.2 Å². The standard InChI is InChI=1S/C28H37F3N4O5S2/c1-27(37,28(29,30)31)20-8-10-21(11-9-20)35-13-12-34(42(38,39)25-7-5-4-6-24(25)41)18-23(35)17-33-14-15-40-19-22(33)16-26(36)32(2)3/h4-11,22-23,37,41H,12-19H2,1-3H3/t22-,23+,27-/m1/s1. The second kappa shape index (κ2) is 12.7. The number of sulfonamides is 1. The first-order valence-electron chi connectivity index (χ1n) is 13.6. The summed E-state index contributed by atoms with van der Waals surface area (Å²) in [5, 5.41) is 10.1. The molecule has 0 aliphatic carbocycles. The van der Waals surface area contributed by atoms with Crippen molar-refractivity contribution in [1.29, 1.82) is 0 Å².